The Morgan fingerprint density at radius 3 is 2.32 bits per heavy atom. The van der Waals surface area contributed by atoms with Crippen LogP contribution in [-0.2, 0) is 6.42 Å². The molecule has 1 atom stereocenters. The number of carbonyl (C=O) groups is 1. The van der Waals surface area contributed by atoms with E-state index in [2.05, 4.69) is 33.8 Å². The van der Waals surface area contributed by atoms with Crippen LogP contribution >= 0.6 is 23.5 Å². The lowest BCUT2D eigenvalue weighted by atomic mass is 9.91. The van der Waals surface area contributed by atoms with Crippen molar-refractivity contribution in [1.82, 2.24) is 0 Å². The molecule has 0 aliphatic rings. The highest BCUT2D eigenvalue weighted by molar-refractivity contribution is 8.14. The third kappa shape index (κ3) is 6.38. The standard InChI is InChI=1S/C24H31FOS2/c1-7-17(6)28-20-10-11-21(24(26)27-16(4)5)23(14-20)22-13-19(25)9-8-18(22)12-15(2)3/h8-11,13-17H,7,12H2,1-6H3. The van der Waals surface area contributed by atoms with Crippen molar-refractivity contribution in [2.75, 3.05) is 0 Å². The minimum absolute atomic E-state index is 0.0462. The molecule has 1 unspecified atom stereocenters. The highest BCUT2D eigenvalue weighted by atomic mass is 32.2. The molecule has 1 nitrogen and oxygen atoms in total. The minimum atomic E-state index is -0.266. The second-order valence-corrected chi connectivity index (χ2v) is 11.0. The van der Waals surface area contributed by atoms with Crippen molar-refractivity contribution < 1.29 is 9.18 Å². The normalized spacial score (nSPS) is 12.6. The molecule has 0 saturated carbocycles. The van der Waals surface area contributed by atoms with Crippen LogP contribution in [0.1, 0.15) is 63.9 Å². The Balaban J connectivity index is 2.62. The summed E-state index contributed by atoms with van der Waals surface area (Å²) >= 11 is 3.12. The van der Waals surface area contributed by atoms with Gasteiger partial charge in [0, 0.05) is 21.0 Å². The summed E-state index contributed by atoms with van der Waals surface area (Å²) in [7, 11) is 0. The Labute approximate surface area is 177 Å². The fraction of sp³-hybridized carbons (Fsp3) is 0.458. The SMILES string of the molecule is CCC(C)Sc1ccc(C(=O)SC(C)C)c(-c2cc(F)ccc2CC(C)C)c1. The van der Waals surface area contributed by atoms with Gasteiger partial charge >= 0.3 is 0 Å². The first-order valence-electron chi connectivity index (χ1n) is 10.0. The Bertz CT molecular complexity index is 814. The van der Waals surface area contributed by atoms with Crippen LogP contribution in [0.25, 0.3) is 11.1 Å². The molecule has 0 fully saturated rings. The lowest BCUT2D eigenvalue weighted by molar-refractivity contribution is 0.108. The molecule has 0 bridgehead atoms. The smallest absolute Gasteiger partial charge is 0.220 e. The van der Waals surface area contributed by atoms with Crippen LogP contribution in [0.5, 0.6) is 0 Å². The van der Waals surface area contributed by atoms with E-state index in [1.165, 1.54) is 17.8 Å². The van der Waals surface area contributed by atoms with E-state index in [1.807, 2.05) is 32.0 Å². The van der Waals surface area contributed by atoms with Crippen LogP contribution in [0, 0.1) is 11.7 Å². The molecule has 0 radical (unpaired) electrons. The topological polar surface area (TPSA) is 17.1 Å². The molecule has 0 heterocycles. The third-order valence-corrected chi connectivity index (χ3v) is 6.62. The number of thioether (sulfide) groups is 2. The van der Waals surface area contributed by atoms with E-state index < -0.39 is 0 Å². The molecule has 0 spiro atoms. The fourth-order valence-electron chi connectivity index (χ4n) is 3.01. The average Bonchev–Trinajstić information content (AvgIpc) is 2.62. The second-order valence-electron chi connectivity index (χ2n) is 7.90. The van der Waals surface area contributed by atoms with Gasteiger partial charge in [0.25, 0.3) is 0 Å². The van der Waals surface area contributed by atoms with Crippen molar-refractivity contribution >= 4 is 28.6 Å². The molecule has 0 aliphatic heterocycles. The first kappa shape index (κ1) is 23.0. The second kappa shape index (κ2) is 10.5. The van der Waals surface area contributed by atoms with Crippen LogP contribution in [0.4, 0.5) is 4.39 Å². The quantitative estimate of drug-likeness (QED) is 0.406. The molecule has 2 aromatic rings. The molecule has 0 amide bonds. The zero-order chi connectivity index (χ0) is 20.8. The summed E-state index contributed by atoms with van der Waals surface area (Å²) in [6.45, 7) is 12.7. The monoisotopic (exact) mass is 418 g/mol. The fourth-order valence-corrected chi connectivity index (χ4v) is 4.70. The van der Waals surface area contributed by atoms with Gasteiger partial charge in [-0.2, -0.15) is 0 Å². The predicted octanol–water partition coefficient (Wildman–Crippen LogP) is 7.86. The van der Waals surface area contributed by atoms with Gasteiger partial charge in [-0.05, 0) is 65.8 Å². The largest absolute Gasteiger partial charge is 0.282 e. The van der Waals surface area contributed by atoms with Crippen molar-refractivity contribution in [3.05, 3.63) is 53.3 Å². The van der Waals surface area contributed by atoms with Crippen molar-refractivity contribution in [1.29, 1.82) is 0 Å². The minimum Gasteiger partial charge on any atom is -0.282 e. The lowest BCUT2D eigenvalue weighted by Crippen LogP contribution is -2.04. The average molecular weight is 419 g/mol. The summed E-state index contributed by atoms with van der Waals surface area (Å²) in [6.07, 6.45) is 1.92. The van der Waals surface area contributed by atoms with Gasteiger partial charge in [0.1, 0.15) is 5.82 Å². The molecule has 152 valence electrons. The van der Waals surface area contributed by atoms with Gasteiger partial charge in [0.2, 0.25) is 5.12 Å². The molecule has 0 aliphatic carbocycles. The molecule has 0 saturated heterocycles. The van der Waals surface area contributed by atoms with E-state index in [4.69, 9.17) is 0 Å². The van der Waals surface area contributed by atoms with E-state index in [1.54, 1.807) is 17.8 Å². The van der Waals surface area contributed by atoms with E-state index in [0.29, 0.717) is 16.7 Å². The molecule has 0 N–H and O–H groups in total. The first-order valence-corrected chi connectivity index (χ1v) is 11.8. The summed E-state index contributed by atoms with van der Waals surface area (Å²) in [5.74, 6) is 0.184. The van der Waals surface area contributed by atoms with Gasteiger partial charge in [-0.1, -0.05) is 59.4 Å². The van der Waals surface area contributed by atoms with Gasteiger partial charge in [0.05, 0.1) is 0 Å². The van der Waals surface area contributed by atoms with Gasteiger partial charge in [-0.3, -0.25) is 4.79 Å². The molecule has 2 rings (SSSR count). The maximum Gasteiger partial charge on any atom is 0.220 e. The van der Waals surface area contributed by atoms with Crippen molar-refractivity contribution in [2.45, 2.75) is 69.8 Å². The Hall–Kier alpha value is -1.26. The number of benzene rings is 2. The number of rotatable bonds is 8. The van der Waals surface area contributed by atoms with Gasteiger partial charge in [0.15, 0.2) is 0 Å². The van der Waals surface area contributed by atoms with Crippen molar-refractivity contribution in [3.63, 3.8) is 0 Å². The van der Waals surface area contributed by atoms with Crippen LogP contribution in [-0.4, -0.2) is 15.6 Å². The molecule has 4 heteroatoms. The van der Waals surface area contributed by atoms with Crippen LogP contribution in [0.15, 0.2) is 41.3 Å². The summed E-state index contributed by atoms with van der Waals surface area (Å²) in [6, 6.07) is 11.0. The maximum atomic E-state index is 14.2. The predicted molar refractivity (Wildman–Crippen MR) is 123 cm³/mol. The molecular formula is C24H31FOS2. The number of carbonyl (C=O) groups excluding carboxylic acids is 1. The van der Waals surface area contributed by atoms with Crippen LogP contribution < -0.4 is 0 Å². The molecule has 28 heavy (non-hydrogen) atoms. The highest BCUT2D eigenvalue weighted by Gasteiger charge is 2.19. The van der Waals surface area contributed by atoms with Gasteiger partial charge in [-0.15, -0.1) is 11.8 Å². The van der Waals surface area contributed by atoms with E-state index in [0.717, 1.165) is 34.4 Å². The summed E-state index contributed by atoms with van der Waals surface area (Å²) in [5, 5.41) is 0.740. The number of hydrogen-bond acceptors (Lipinski definition) is 3. The Morgan fingerprint density at radius 2 is 1.71 bits per heavy atom. The zero-order valence-corrected chi connectivity index (χ0v) is 19.3. The summed E-state index contributed by atoms with van der Waals surface area (Å²) < 4.78 is 14.2. The zero-order valence-electron chi connectivity index (χ0n) is 17.7. The van der Waals surface area contributed by atoms with Crippen molar-refractivity contribution in [2.24, 2.45) is 5.92 Å². The summed E-state index contributed by atoms with van der Waals surface area (Å²) in [4.78, 5) is 14.0. The molecule has 2 aromatic carbocycles. The van der Waals surface area contributed by atoms with E-state index in [9.17, 15) is 9.18 Å². The van der Waals surface area contributed by atoms with Gasteiger partial charge in [-0.25, -0.2) is 4.39 Å². The maximum absolute atomic E-state index is 14.2. The number of halogens is 1. The summed E-state index contributed by atoms with van der Waals surface area (Å²) in [5.41, 5.74) is 3.45. The van der Waals surface area contributed by atoms with Crippen LogP contribution in [0.2, 0.25) is 0 Å². The van der Waals surface area contributed by atoms with Gasteiger partial charge < -0.3 is 0 Å². The van der Waals surface area contributed by atoms with Crippen molar-refractivity contribution in [3.8, 4) is 11.1 Å². The van der Waals surface area contributed by atoms with Crippen LogP contribution in [0.3, 0.4) is 0 Å². The third-order valence-electron chi connectivity index (χ3n) is 4.46. The Morgan fingerprint density at radius 1 is 1.00 bits per heavy atom. The Kier molecular flexibility index (Phi) is 8.63. The molecular weight excluding hydrogens is 387 g/mol. The number of hydrogen-bond donors (Lipinski definition) is 0. The van der Waals surface area contributed by atoms with E-state index in [-0.39, 0.29) is 16.2 Å². The lowest BCUT2D eigenvalue weighted by Gasteiger charge is -2.17. The van der Waals surface area contributed by atoms with E-state index >= 15 is 0 Å². The first-order chi connectivity index (χ1) is 13.2. The highest BCUT2D eigenvalue weighted by Crippen LogP contribution is 2.36. The molecule has 0 aromatic heterocycles.